The molecule has 6 heteroatoms. The van der Waals surface area contributed by atoms with Crippen LogP contribution in [0, 0.1) is 11.3 Å². The monoisotopic (exact) mass is 339 g/mol. The first kappa shape index (κ1) is 16.5. The number of carbonyl (C=O) groups excluding carboxylic acids is 1. The van der Waals surface area contributed by atoms with Crippen LogP contribution in [0.25, 0.3) is 11.4 Å². The minimum absolute atomic E-state index is 0.226. The first-order valence-corrected chi connectivity index (χ1v) is 8.76. The minimum Gasteiger partial charge on any atom is -0.465 e. The van der Waals surface area contributed by atoms with E-state index >= 15 is 0 Å². The topological polar surface area (TPSA) is 75.9 Å². The Morgan fingerprint density at radius 2 is 2.12 bits per heavy atom. The second kappa shape index (κ2) is 6.62. The molecule has 2 aromatic rings. The highest BCUT2D eigenvalue weighted by Gasteiger charge is 2.42. The van der Waals surface area contributed by atoms with E-state index in [4.69, 9.17) is 4.74 Å². The lowest BCUT2D eigenvalue weighted by Crippen LogP contribution is -2.35. The molecular weight excluding hydrogens is 322 g/mol. The lowest BCUT2D eigenvalue weighted by molar-refractivity contribution is -0.147. The zero-order chi connectivity index (χ0) is 17.2. The largest absolute Gasteiger partial charge is 0.465 e. The van der Waals surface area contributed by atoms with E-state index in [1.165, 1.54) is 0 Å². The molecule has 24 heavy (non-hydrogen) atoms. The first-order chi connectivity index (χ1) is 11.6. The van der Waals surface area contributed by atoms with Gasteiger partial charge in [-0.2, -0.15) is 5.26 Å². The number of thioether (sulfide) groups is 1. The number of rotatable bonds is 4. The Morgan fingerprint density at radius 1 is 1.38 bits per heavy atom. The number of fused-ring (bicyclic) bond motifs is 1. The van der Waals surface area contributed by atoms with Crippen LogP contribution in [0.4, 0.5) is 0 Å². The van der Waals surface area contributed by atoms with Crippen LogP contribution in [0.5, 0.6) is 0 Å². The normalized spacial score (nSPS) is 15.2. The van der Waals surface area contributed by atoms with Crippen molar-refractivity contribution in [1.29, 1.82) is 5.26 Å². The smallest absolute Gasteiger partial charge is 0.332 e. The van der Waals surface area contributed by atoms with Gasteiger partial charge < -0.3 is 4.74 Å². The number of hydrogen-bond donors (Lipinski definition) is 0. The van der Waals surface area contributed by atoms with Gasteiger partial charge in [0.2, 0.25) is 0 Å². The third kappa shape index (κ3) is 2.76. The Kier molecular flexibility index (Phi) is 4.54. The molecule has 1 aromatic carbocycles. The van der Waals surface area contributed by atoms with Gasteiger partial charge in [-0.05, 0) is 20.3 Å². The van der Waals surface area contributed by atoms with E-state index in [-0.39, 0.29) is 6.61 Å². The molecule has 1 aromatic heterocycles. The van der Waals surface area contributed by atoms with E-state index in [9.17, 15) is 10.1 Å². The molecule has 1 atom stereocenters. The Morgan fingerprint density at radius 3 is 2.79 bits per heavy atom. The summed E-state index contributed by atoms with van der Waals surface area (Å²) in [6.45, 7) is 3.53. The lowest BCUT2D eigenvalue weighted by Gasteiger charge is -2.22. The van der Waals surface area contributed by atoms with Crippen molar-refractivity contribution in [3.8, 4) is 17.5 Å². The molecule has 122 valence electrons. The van der Waals surface area contributed by atoms with E-state index < -0.39 is 11.4 Å². The number of esters is 1. The SMILES string of the molecule is CCOC(=O)C(C)(C#N)c1nc(-c2ccccc2)nc2c1CCS2. The quantitative estimate of drug-likeness (QED) is 0.629. The summed E-state index contributed by atoms with van der Waals surface area (Å²) >= 11 is 1.63. The van der Waals surface area contributed by atoms with Crippen LogP contribution in [-0.2, 0) is 21.4 Å². The van der Waals surface area contributed by atoms with E-state index in [2.05, 4.69) is 16.0 Å². The van der Waals surface area contributed by atoms with Crippen molar-refractivity contribution in [2.45, 2.75) is 30.7 Å². The number of nitriles is 1. The van der Waals surface area contributed by atoms with E-state index in [1.54, 1.807) is 25.6 Å². The van der Waals surface area contributed by atoms with Crippen LogP contribution in [0.1, 0.15) is 25.1 Å². The molecule has 0 bridgehead atoms. The minimum atomic E-state index is -1.43. The molecule has 1 aliphatic rings. The number of nitrogens with zero attached hydrogens (tertiary/aromatic N) is 3. The molecule has 0 saturated carbocycles. The highest BCUT2D eigenvalue weighted by atomic mass is 32.2. The van der Waals surface area contributed by atoms with Gasteiger partial charge >= 0.3 is 5.97 Å². The molecule has 0 aliphatic carbocycles. The zero-order valence-corrected chi connectivity index (χ0v) is 14.4. The van der Waals surface area contributed by atoms with Gasteiger partial charge in [0.25, 0.3) is 0 Å². The summed E-state index contributed by atoms with van der Waals surface area (Å²) in [7, 11) is 0. The van der Waals surface area contributed by atoms with Crippen LogP contribution >= 0.6 is 11.8 Å². The van der Waals surface area contributed by atoms with Crippen molar-refractivity contribution in [3.63, 3.8) is 0 Å². The van der Waals surface area contributed by atoms with E-state index in [0.29, 0.717) is 11.5 Å². The maximum atomic E-state index is 12.4. The lowest BCUT2D eigenvalue weighted by atomic mass is 9.85. The molecule has 0 fully saturated rings. The van der Waals surface area contributed by atoms with Gasteiger partial charge in [0.05, 0.1) is 18.4 Å². The van der Waals surface area contributed by atoms with Crippen LogP contribution in [-0.4, -0.2) is 28.3 Å². The molecule has 5 nitrogen and oxygen atoms in total. The van der Waals surface area contributed by atoms with Crippen molar-refractivity contribution >= 4 is 17.7 Å². The van der Waals surface area contributed by atoms with Crippen molar-refractivity contribution in [2.24, 2.45) is 0 Å². The van der Waals surface area contributed by atoms with Crippen LogP contribution in [0.2, 0.25) is 0 Å². The Bertz CT molecular complexity index is 817. The number of carbonyl (C=O) groups is 1. The highest BCUT2D eigenvalue weighted by molar-refractivity contribution is 7.99. The standard InChI is InChI=1S/C18H17N3O2S/c1-3-23-17(22)18(2,11-19)14-13-9-10-24-16(13)21-15(20-14)12-7-5-4-6-8-12/h4-8H,3,9-10H2,1-2H3. The number of hydrogen-bond acceptors (Lipinski definition) is 6. The second-order valence-corrected chi connectivity index (χ2v) is 6.68. The first-order valence-electron chi connectivity index (χ1n) is 7.78. The summed E-state index contributed by atoms with van der Waals surface area (Å²) in [6, 6.07) is 11.7. The summed E-state index contributed by atoms with van der Waals surface area (Å²) in [5.41, 5.74) is 0.782. The van der Waals surface area contributed by atoms with Crippen molar-refractivity contribution < 1.29 is 9.53 Å². The van der Waals surface area contributed by atoms with Gasteiger partial charge in [-0.15, -0.1) is 11.8 Å². The summed E-state index contributed by atoms with van der Waals surface area (Å²) in [5, 5.41) is 10.6. The molecule has 0 saturated heterocycles. The summed E-state index contributed by atoms with van der Waals surface area (Å²) < 4.78 is 5.13. The average molecular weight is 339 g/mol. The van der Waals surface area contributed by atoms with Gasteiger partial charge in [-0.1, -0.05) is 30.3 Å². The zero-order valence-electron chi connectivity index (χ0n) is 13.6. The van der Waals surface area contributed by atoms with Crippen LogP contribution in [0.15, 0.2) is 35.4 Å². The number of aromatic nitrogens is 2. The summed E-state index contributed by atoms with van der Waals surface area (Å²) in [6.07, 6.45) is 0.751. The predicted molar refractivity (Wildman–Crippen MR) is 91.5 cm³/mol. The molecule has 0 spiro atoms. The van der Waals surface area contributed by atoms with Gasteiger partial charge in [0.15, 0.2) is 11.2 Å². The molecule has 3 rings (SSSR count). The Balaban J connectivity index is 2.19. The maximum Gasteiger partial charge on any atom is 0.332 e. The molecule has 1 unspecified atom stereocenters. The molecule has 1 aliphatic heterocycles. The molecular formula is C18H17N3O2S. The van der Waals surface area contributed by atoms with Gasteiger partial charge in [-0.3, -0.25) is 0 Å². The molecule has 0 N–H and O–H groups in total. The molecule has 0 radical (unpaired) electrons. The average Bonchev–Trinajstić information content (AvgIpc) is 3.09. The summed E-state index contributed by atoms with van der Waals surface area (Å²) in [5.74, 6) is 0.841. The van der Waals surface area contributed by atoms with Crippen molar-refractivity contribution in [1.82, 2.24) is 9.97 Å². The molecule has 2 heterocycles. The van der Waals surface area contributed by atoms with Gasteiger partial charge in [-0.25, -0.2) is 14.8 Å². The number of benzene rings is 1. The fourth-order valence-electron chi connectivity index (χ4n) is 2.66. The van der Waals surface area contributed by atoms with Crippen LogP contribution < -0.4 is 0 Å². The maximum absolute atomic E-state index is 12.4. The number of ether oxygens (including phenoxy) is 1. The predicted octanol–water partition coefficient (Wildman–Crippen LogP) is 3.14. The van der Waals surface area contributed by atoms with Crippen molar-refractivity contribution in [3.05, 3.63) is 41.6 Å². The van der Waals surface area contributed by atoms with Gasteiger partial charge in [0, 0.05) is 16.9 Å². The van der Waals surface area contributed by atoms with Crippen molar-refractivity contribution in [2.75, 3.05) is 12.4 Å². The highest BCUT2D eigenvalue weighted by Crippen LogP contribution is 2.38. The van der Waals surface area contributed by atoms with Crippen LogP contribution in [0.3, 0.4) is 0 Å². The fourth-order valence-corrected chi connectivity index (χ4v) is 3.68. The second-order valence-electron chi connectivity index (χ2n) is 5.60. The van der Waals surface area contributed by atoms with E-state index in [0.717, 1.165) is 28.3 Å². The third-order valence-electron chi connectivity index (χ3n) is 3.97. The van der Waals surface area contributed by atoms with Gasteiger partial charge in [0.1, 0.15) is 5.03 Å². The Labute approximate surface area is 145 Å². The third-order valence-corrected chi connectivity index (χ3v) is 4.99. The summed E-state index contributed by atoms with van der Waals surface area (Å²) in [4.78, 5) is 21.7. The Hall–Kier alpha value is -2.39. The fraction of sp³-hybridized carbons (Fsp3) is 0.333. The van der Waals surface area contributed by atoms with E-state index in [1.807, 2.05) is 30.3 Å². The molecule has 0 amide bonds.